The van der Waals surface area contributed by atoms with E-state index in [0.717, 1.165) is 12.8 Å². The molecule has 4 N–H and O–H groups in total. The number of hydrogen-bond acceptors (Lipinski definition) is 5. The van der Waals surface area contributed by atoms with Crippen molar-refractivity contribution in [2.75, 3.05) is 18.9 Å². The van der Waals surface area contributed by atoms with Crippen molar-refractivity contribution in [3.05, 3.63) is 10.6 Å². The molecule has 1 rings (SSSR count). The fourth-order valence-corrected chi connectivity index (χ4v) is 2.42. The largest absolute Gasteiger partial charge is 0.396 e. The summed E-state index contributed by atoms with van der Waals surface area (Å²) in [6.45, 7) is 6.66. The molecule has 0 saturated heterocycles. The molecule has 0 unspecified atom stereocenters. The highest BCUT2D eigenvalue weighted by Gasteiger charge is 2.20. The van der Waals surface area contributed by atoms with E-state index in [-0.39, 0.29) is 17.9 Å². The number of amides is 1. The minimum absolute atomic E-state index is 0.0253. The molecule has 18 heavy (non-hydrogen) atoms. The van der Waals surface area contributed by atoms with Gasteiger partial charge in [0.05, 0.1) is 5.69 Å². The predicted molar refractivity (Wildman–Crippen MR) is 73.7 cm³/mol. The maximum Gasteiger partial charge on any atom is 0.263 e. The van der Waals surface area contributed by atoms with Crippen LogP contribution in [0.5, 0.6) is 0 Å². The second kappa shape index (κ2) is 6.15. The van der Waals surface area contributed by atoms with Gasteiger partial charge in [-0.3, -0.25) is 4.79 Å². The first-order valence-electron chi connectivity index (χ1n) is 5.98. The number of aliphatic hydroxyl groups is 1. The maximum atomic E-state index is 12.0. The topological polar surface area (TPSA) is 88.2 Å². The zero-order valence-electron chi connectivity index (χ0n) is 11.1. The number of rotatable bonds is 6. The van der Waals surface area contributed by atoms with Crippen molar-refractivity contribution in [2.45, 2.75) is 33.6 Å². The molecule has 5 nitrogen and oxygen atoms in total. The lowest BCUT2D eigenvalue weighted by atomic mass is 9.88. The average molecular weight is 271 g/mol. The van der Waals surface area contributed by atoms with Crippen molar-refractivity contribution in [2.24, 2.45) is 5.41 Å². The van der Waals surface area contributed by atoms with Gasteiger partial charge in [-0.05, 0) is 25.2 Å². The monoisotopic (exact) mass is 271 g/mol. The Morgan fingerprint density at radius 3 is 2.72 bits per heavy atom. The molecule has 0 aliphatic rings. The van der Waals surface area contributed by atoms with Gasteiger partial charge >= 0.3 is 0 Å². The average Bonchev–Trinajstić information content (AvgIpc) is 2.63. The zero-order valence-corrected chi connectivity index (χ0v) is 11.9. The molecular weight excluding hydrogens is 250 g/mol. The first kappa shape index (κ1) is 14.9. The lowest BCUT2D eigenvalue weighted by Crippen LogP contribution is -2.34. The summed E-state index contributed by atoms with van der Waals surface area (Å²) in [4.78, 5) is 16.6. The molecule has 0 aliphatic heterocycles. The normalized spacial score (nSPS) is 11.6. The number of nitrogens with zero attached hydrogens (tertiary/aromatic N) is 1. The Labute approximate surface area is 111 Å². The van der Waals surface area contributed by atoms with E-state index >= 15 is 0 Å². The van der Waals surface area contributed by atoms with Crippen molar-refractivity contribution in [3.63, 3.8) is 0 Å². The molecule has 6 heteroatoms. The SMILES string of the molecule is Cc1nc(N)sc1C(=O)NCC(C)(C)CCCO. The third-order valence-corrected chi connectivity index (χ3v) is 3.74. The van der Waals surface area contributed by atoms with Crippen LogP contribution < -0.4 is 11.1 Å². The Bertz CT molecular complexity index is 415. The van der Waals surface area contributed by atoms with Gasteiger partial charge in [-0.15, -0.1) is 0 Å². The molecule has 0 fully saturated rings. The molecule has 0 radical (unpaired) electrons. The number of nitrogen functional groups attached to an aromatic ring is 1. The van der Waals surface area contributed by atoms with Gasteiger partial charge in [0, 0.05) is 13.2 Å². The molecule has 1 aromatic heterocycles. The minimum atomic E-state index is -0.126. The van der Waals surface area contributed by atoms with Crippen LogP contribution in [-0.2, 0) is 0 Å². The summed E-state index contributed by atoms with van der Waals surface area (Å²) < 4.78 is 0. The van der Waals surface area contributed by atoms with Gasteiger partial charge in [0.2, 0.25) is 0 Å². The molecule has 0 spiro atoms. The number of aromatic nitrogens is 1. The molecule has 1 aromatic rings. The molecule has 0 bridgehead atoms. The lowest BCUT2D eigenvalue weighted by molar-refractivity contribution is 0.0936. The first-order chi connectivity index (χ1) is 8.35. The highest BCUT2D eigenvalue weighted by molar-refractivity contribution is 7.17. The van der Waals surface area contributed by atoms with Gasteiger partial charge in [0.25, 0.3) is 5.91 Å². The van der Waals surface area contributed by atoms with Crippen molar-refractivity contribution < 1.29 is 9.90 Å². The van der Waals surface area contributed by atoms with Crippen molar-refractivity contribution in [1.82, 2.24) is 10.3 Å². The molecule has 0 saturated carbocycles. The highest BCUT2D eigenvalue weighted by atomic mass is 32.1. The minimum Gasteiger partial charge on any atom is -0.396 e. The van der Waals surface area contributed by atoms with Crippen LogP contribution in [-0.4, -0.2) is 29.1 Å². The van der Waals surface area contributed by atoms with E-state index in [1.54, 1.807) is 6.92 Å². The van der Waals surface area contributed by atoms with Gasteiger partial charge in [-0.1, -0.05) is 25.2 Å². The summed E-state index contributed by atoms with van der Waals surface area (Å²) in [5.74, 6) is -0.126. The van der Waals surface area contributed by atoms with Crippen molar-refractivity contribution in [1.29, 1.82) is 0 Å². The maximum absolute atomic E-state index is 12.0. The summed E-state index contributed by atoms with van der Waals surface area (Å²) in [5, 5.41) is 12.1. The van der Waals surface area contributed by atoms with E-state index in [2.05, 4.69) is 24.1 Å². The van der Waals surface area contributed by atoms with E-state index in [9.17, 15) is 4.79 Å². The molecule has 0 aromatic carbocycles. The van der Waals surface area contributed by atoms with Crippen LogP contribution in [0.2, 0.25) is 0 Å². The summed E-state index contributed by atoms with van der Waals surface area (Å²) in [7, 11) is 0. The molecule has 1 amide bonds. The summed E-state index contributed by atoms with van der Waals surface area (Å²) >= 11 is 1.21. The van der Waals surface area contributed by atoms with Gasteiger partial charge in [0.1, 0.15) is 4.88 Å². The summed E-state index contributed by atoms with van der Waals surface area (Å²) in [5.41, 5.74) is 6.21. The number of aryl methyl sites for hydroxylation is 1. The van der Waals surface area contributed by atoms with Crippen LogP contribution in [0.1, 0.15) is 42.1 Å². The first-order valence-corrected chi connectivity index (χ1v) is 6.79. The smallest absolute Gasteiger partial charge is 0.263 e. The number of nitrogens with one attached hydrogen (secondary N) is 1. The van der Waals surface area contributed by atoms with Crippen LogP contribution in [0.3, 0.4) is 0 Å². The van der Waals surface area contributed by atoms with E-state index in [1.807, 2.05) is 0 Å². The van der Waals surface area contributed by atoms with Gasteiger partial charge in [0.15, 0.2) is 5.13 Å². The summed E-state index contributed by atoms with van der Waals surface area (Å²) in [6, 6.07) is 0. The number of aliphatic hydroxyl groups excluding tert-OH is 1. The molecule has 0 atom stereocenters. The van der Waals surface area contributed by atoms with Gasteiger partial charge < -0.3 is 16.2 Å². The zero-order chi connectivity index (χ0) is 13.8. The van der Waals surface area contributed by atoms with E-state index in [4.69, 9.17) is 10.8 Å². The van der Waals surface area contributed by atoms with Crippen LogP contribution in [0.15, 0.2) is 0 Å². The van der Waals surface area contributed by atoms with E-state index < -0.39 is 0 Å². The van der Waals surface area contributed by atoms with E-state index in [0.29, 0.717) is 22.2 Å². The van der Waals surface area contributed by atoms with Gasteiger partial charge in [-0.25, -0.2) is 4.98 Å². The molecular formula is C12H21N3O2S. The highest BCUT2D eigenvalue weighted by Crippen LogP contribution is 2.22. The number of carbonyl (C=O) groups excluding carboxylic acids is 1. The molecule has 0 aliphatic carbocycles. The Morgan fingerprint density at radius 1 is 1.56 bits per heavy atom. The number of hydrogen-bond donors (Lipinski definition) is 3. The van der Waals surface area contributed by atoms with Crippen LogP contribution in [0, 0.1) is 12.3 Å². The number of thiazole rings is 1. The van der Waals surface area contributed by atoms with Crippen LogP contribution in [0.25, 0.3) is 0 Å². The quantitative estimate of drug-likeness (QED) is 0.732. The fourth-order valence-electron chi connectivity index (χ4n) is 1.67. The Balaban J connectivity index is 2.53. The Morgan fingerprint density at radius 2 is 2.22 bits per heavy atom. The number of nitrogens with two attached hydrogens (primary N) is 1. The van der Waals surface area contributed by atoms with Crippen molar-refractivity contribution in [3.8, 4) is 0 Å². The van der Waals surface area contributed by atoms with E-state index in [1.165, 1.54) is 11.3 Å². The Kier molecular flexibility index (Phi) is 5.10. The third-order valence-electron chi connectivity index (χ3n) is 2.76. The molecule has 1 heterocycles. The second-order valence-electron chi connectivity index (χ2n) is 5.14. The van der Waals surface area contributed by atoms with Crippen LogP contribution in [0.4, 0.5) is 5.13 Å². The lowest BCUT2D eigenvalue weighted by Gasteiger charge is -2.24. The van der Waals surface area contributed by atoms with Gasteiger partial charge in [-0.2, -0.15) is 0 Å². The second-order valence-corrected chi connectivity index (χ2v) is 6.17. The fraction of sp³-hybridized carbons (Fsp3) is 0.667. The summed E-state index contributed by atoms with van der Waals surface area (Å²) in [6.07, 6.45) is 1.61. The third kappa shape index (κ3) is 4.27. The number of anilines is 1. The molecule has 102 valence electrons. The van der Waals surface area contributed by atoms with Crippen molar-refractivity contribution >= 4 is 22.4 Å². The predicted octanol–water partition coefficient (Wildman–Crippen LogP) is 1.56. The number of carbonyl (C=O) groups is 1. The van der Waals surface area contributed by atoms with Crippen LogP contribution >= 0.6 is 11.3 Å². The Hall–Kier alpha value is -1.14. The standard InChI is InChI=1S/C12H21N3O2S/c1-8-9(18-11(13)15-8)10(17)14-7-12(2,3)5-4-6-16/h16H,4-7H2,1-3H3,(H2,13,15)(H,14,17).